The first-order valence-corrected chi connectivity index (χ1v) is 4.72. The number of hydrogen-bond acceptors (Lipinski definition) is 5. The largest absolute Gasteiger partial charge is 1.00 e. The van der Waals surface area contributed by atoms with Gasteiger partial charge in [-0.15, -0.1) is 0 Å². The van der Waals surface area contributed by atoms with Crippen molar-refractivity contribution in [3.8, 4) is 0 Å². The zero-order valence-electron chi connectivity index (χ0n) is 10.2. The summed E-state index contributed by atoms with van der Waals surface area (Å²) in [5.41, 5.74) is 0. The molecule has 0 unspecified atom stereocenters. The molecule has 0 spiro atoms. The third-order valence-electron chi connectivity index (χ3n) is 1.92. The molecule has 0 fully saturated rings. The van der Waals surface area contributed by atoms with Gasteiger partial charge in [-0.3, -0.25) is 0 Å². The van der Waals surface area contributed by atoms with Crippen LogP contribution >= 0.6 is 0 Å². The van der Waals surface area contributed by atoms with Gasteiger partial charge in [0.15, 0.2) is 0 Å². The molecule has 0 aromatic carbocycles. The minimum atomic E-state index is -1.56. The average molecular weight is 247 g/mol. The van der Waals surface area contributed by atoms with E-state index in [2.05, 4.69) is 5.32 Å². The van der Waals surface area contributed by atoms with E-state index >= 15 is 0 Å². The van der Waals surface area contributed by atoms with Crippen LogP contribution in [0, 0.1) is 5.92 Å². The number of aliphatic carboxylic acids is 2. The zero-order valence-corrected chi connectivity index (χ0v) is 14.2. The predicted molar refractivity (Wildman–Crippen MR) is 45.9 cm³/mol. The van der Waals surface area contributed by atoms with Crippen molar-refractivity contribution in [3.63, 3.8) is 0 Å². The summed E-state index contributed by atoms with van der Waals surface area (Å²) in [6.45, 7) is 3.58. The molecular formula is C9H15NNa2O4. The fraction of sp³-hybridized carbons (Fsp3) is 0.778. The van der Waals surface area contributed by atoms with Crippen molar-refractivity contribution < 1.29 is 78.9 Å². The van der Waals surface area contributed by atoms with Crippen molar-refractivity contribution in [2.45, 2.75) is 26.2 Å². The van der Waals surface area contributed by atoms with Crippen molar-refractivity contribution in [2.75, 3.05) is 13.1 Å². The van der Waals surface area contributed by atoms with Crippen molar-refractivity contribution in [2.24, 2.45) is 5.92 Å². The summed E-state index contributed by atoms with van der Waals surface area (Å²) in [7, 11) is 0. The molecule has 0 saturated carbocycles. The Morgan fingerprint density at radius 2 is 1.62 bits per heavy atom. The fourth-order valence-corrected chi connectivity index (χ4v) is 1.11. The first-order valence-electron chi connectivity index (χ1n) is 4.72. The summed E-state index contributed by atoms with van der Waals surface area (Å²) in [5, 5.41) is 23.7. The molecule has 5 nitrogen and oxygen atoms in total. The molecule has 0 aromatic heterocycles. The minimum Gasteiger partial charge on any atom is -0.549 e. The van der Waals surface area contributed by atoms with Crippen molar-refractivity contribution in [3.05, 3.63) is 0 Å². The molecule has 0 bridgehead atoms. The number of carboxylic acid groups (broad SMARTS) is 2. The van der Waals surface area contributed by atoms with Gasteiger partial charge in [0.25, 0.3) is 0 Å². The Labute approximate surface area is 140 Å². The standard InChI is InChI=1S/C9H17NO4.2Na/c1-2-10-6-4-3-5-7(8(11)12)9(13)14;;/h7,10H,2-6H2,1H3,(H,11,12)(H,13,14);;/q;2*+1/p-2. The van der Waals surface area contributed by atoms with Crippen LogP contribution < -0.4 is 74.6 Å². The first-order chi connectivity index (χ1) is 6.59. The van der Waals surface area contributed by atoms with Gasteiger partial charge in [-0.05, 0) is 25.9 Å². The SMILES string of the molecule is CCNCCCCC(C(=O)[O-])C(=O)[O-].[Na+].[Na+]. The van der Waals surface area contributed by atoms with Crippen molar-refractivity contribution in [1.29, 1.82) is 0 Å². The number of rotatable bonds is 8. The smallest absolute Gasteiger partial charge is 0.549 e. The maximum atomic E-state index is 10.3. The van der Waals surface area contributed by atoms with Gasteiger partial charge < -0.3 is 25.1 Å². The van der Waals surface area contributed by atoms with Gasteiger partial charge in [0, 0.05) is 5.92 Å². The molecule has 0 aliphatic rings. The van der Waals surface area contributed by atoms with Crippen LogP contribution in [0.1, 0.15) is 26.2 Å². The van der Waals surface area contributed by atoms with E-state index in [-0.39, 0.29) is 65.5 Å². The summed E-state index contributed by atoms with van der Waals surface area (Å²) in [4.78, 5) is 20.6. The van der Waals surface area contributed by atoms with Gasteiger partial charge >= 0.3 is 59.1 Å². The van der Waals surface area contributed by atoms with Gasteiger partial charge in [-0.1, -0.05) is 13.3 Å². The van der Waals surface area contributed by atoms with E-state index in [1.807, 2.05) is 6.92 Å². The molecule has 7 heteroatoms. The molecular weight excluding hydrogens is 232 g/mol. The molecule has 0 aliphatic carbocycles. The summed E-state index contributed by atoms with van der Waals surface area (Å²) >= 11 is 0. The minimum absolute atomic E-state index is 0. The molecule has 0 amide bonds. The second-order valence-electron chi connectivity index (χ2n) is 3.04. The van der Waals surface area contributed by atoms with Crippen molar-refractivity contribution in [1.82, 2.24) is 5.32 Å². The van der Waals surface area contributed by atoms with Gasteiger partial charge in [-0.2, -0.15) is 0 Å². The Balaban J connectivity index is -0.000000845. The Bertz CT molecular complexity index is 188. The van der Waals surface area contributed by atoms with E-state index in [1.54, 1.807) is 0 Å². The van der Waals surface area contributed by atoms with Gasteiger partial charge in [0.1, 0.15) is 0 Å². The Morgan fingerprint density at radius 3 is 2.00 bits per heavy atom. The van der Waals surface area contributed by atoms with Crippen LogP contribution in [-0.2, 0) is 9.59 Å². The van der Waals surface area contributed by atoms with E-state index in [0.29, 0.717) is 6.42 Å². The van der Waals surface area contributed by atoms with E-state index in [1.165, 1.54) is 0 Å². The molecule has 0 saturated heterocycles. The van der Waals surface area contributed by atoms with Crippen LogP contribution in [0.2, 0.25) is 0 Å². The zero-order chi connectivity index (χ0) is 11.0. The Kier molecular flexibility index (Phi) is 19.3. The summed E-state index contributed by atoms with van der Waals surface area (Å²) in [5.74, 6) is -4.60. The Morgan fingerprint density at radius 1 is 1.12 bits per heavy atom. The van der Waals surface area contributed by atoms with E-state index in [9.17, 15) is 19.8 Å². The number of unbranched alkanes of at least 4 members (excludes halogenated alkanes) is 1. The molecule has 0 heterocycles. The predicted octanol–water partition coefficient (Wildman–Crippen LogP) is -8.11. The summed E-state index contributed by atoms with van der Waals surface area (Å²) in [6, 6.07) is 0. The van der Waals surface area contributed by atoms with Crippen LogP contribution in [0.15, 0.2) is 0 Å². The first kappa shape index (κ1) is 22.1. The Hall–Kier alpha value is 0.900. The van der Waals surface area contributed by atoms with Gasteiger partial charge in [0.05, 0.1) is 11.9 Å². The molecule has 16 heavy (non-hydrogen) atoms. The third-order valence-corrected chi connectivity index (χ3v) is 1.92. The molecule has 0 aliphatic heterocycles. The molecule has 0 aromatic rings. The second-order valence-corrected chi connectivity index (χ2v) is 3.04. The summed E-state index contributed by atoms with van der Waals surface area (Å²) in [6.07, 6.45) is 1.38. The molecule has 0 radical (unpaired) electrons. The third kappa shape index (κ3) is 11.4. The number of carbonyl (C=O) groups excluding carboxylic acids is 2. The number of nitrogens with one attached hydrogen (secondary N) is 1. The quantitative estimate of drug-likeness (QED) is 0.261. The van der Waals surface area contributed by atoms with Crippen LogP contribution in [0.3, 0.4) is 0 Å². The van der Waals surface area contributed by atoms with Crippen molar-refractivity contribution >= 4 is 11.9 Å². The molecule has 0 rings (SSSR count). The number of carboxylic acids is 2. The molecule has 0 atom stereocenters. The maximum absolute atomic E-state index is 10.3. The second kappa shape index (κ2) is 14.0. The maximum Gasteiger partial charge on any atom is 1.00 e. The average Bonchev–Trinajstić information content (AvgIpc) is 2.09. The van der Waals surface area contributed by atoms with Gasteiger partial charge in [0.2, 0.25) is 0 Å². The van der Waals surface area contributed by atoms with E-state index in [4.69, 9.17) is 0 Å². The van der Waals surface area contributed by atoms with Gasteiger partial charge in [-0.25, -0.2) is 0 Å². The fourth-order valence-electron chi connectivity index (χ4n) is 1.11. The number of hydrogen-bond donors (Lipinski definition) is 1. The van der Waals surface area contributed by atoms with E-state index < -0.39 is 17.9 Å². The molecule has 1 N–H and O–H groups in total. The number of carbonyl (C=O) groups is 2. The van der Waals surface area contributed by atoms with Crippen LogP contribution in [0.5, 0.6) is 0 Å². The molecule has 82 valence electrons. The normalized spacial score (nSPS) is 9.12. The van der Waals surface area contributed by atoms with Crippen LogP contribution in [0.25, 0.3) is 0 Å². The van der Waals surface area contributed by atoms with Crippen LogP contribution in [0.4, 0.5) is 0 Å². The monoisotopic (exact) mass is 247 g/mol. The van der Waals surface area contributed by atoms with E-state index in [0.717, 1.165) is 19.5 Å². The topological polar surface area (TPSA) is 92.3 Å². The van der Waals surface area contributed by atoms with Crippen LogP contribution in [-0.4, -0.2) is 25.0 Å². The summed E-state index contributed by atoms with van der Waals surface area (Å²) < 4.78 is 0.